The van der Waals surface area contributed by atoms with Crippen molar-refractivity contribution in [3.05, 3.63) is 53.6 Å². The molecule has 0 aliphatic rings. The highest BCUT2D eigenvalue weighted by molar-refractivity contribution is 8.00. The number of amides is 1. The normalized spacial score (nSPS) is 11.9. The van der Waals surface area contributed by atoms with Gasteiger partial charge in [0.1, 0.15) is 5.75 Å². The highest BCUT2D eigenvalue weighted by Crippen LogP contribution is 2.31. The van der Waals surface area contributed by atoms with E-state index in [2.05, 4.69) is 15.5 Å². The maximum Gasteiger partial charge on any atom is 0.233 e. The van der Waals surface area contributed by atoms with Crippen LogP contribution in [0.1, 0.15) is 13.8 Å². The average Bonchev–Trinajstić information content (AvgIpc) is 3.11. The molecule has 1 heterocycles. The molecular weight excluding hydrogens is 396 g/mol. The van der Waals surface area contributed by atoms with Gasteiger partial charge in [-0.15, -0.1) is 10.2 Å². The minimum atomic E-state index is -0.317. The topological polar surface area (TPSA) is 69.0 Å². The Morgan fingerprint density at radius 1 is 1.25 bits per heavy atom. The second-order valence-corrected chi connectivity index (χ2v) is 7.70. The number of thioether (sulfide) groups is 1. The van der Waals surface area contributed by atoms with Crippen molar-refractivity contribution in [2.24, 2.45) is 0 Å². The molecule has 0 radical (unpaired) electrons. The Hall–Kier alpha value is -2.51. The van der Waals surface area contributed by atoms with Gasteiger partial charge in [-0.2, -0.15) is 0 Å². The third-order valence-corrected chi connectivity index (χ3v) is 5.30. The highest BCUT2D eigenvalue weighted by atomic mass is 35.5. The summed E-state index contributed by atoms with van der Waals surface area (Å²) in [4.78, 5) is 12.0. The van der Waals surface area contributed by atoms with Crippen LogP contribution >= 0.6 is 23.4 Å². The molecule has 0 saturated heterocycles. The molecule has 3 rings (SSSR count). The Bertz CT molecular complexity index is 959. The van der Waals surface area contributed by atoms with Crippen molar-refractivity contribution in [2.75, 3.05) is 13.7 Å². The van der Waals surface area contributed by atoms with E-state index in [1.165, 1.54) is 11.8 Å². The molecule has 0 bridgehead atoms. The number of aromatic nitrogens is 3. The van der Waals surface area contributed by atoms with Gasteiger partial charge in [0.15, 0.2) is 11.0 Å². The van der Waals surface area contributed by atoms with E-state index in [9.17, 15) is 4.79 Å². The molecule has 0 fully saturated rings. The quantitative estimate of drug-likeness (QED) is 0.584. The largest absolute Gasteiger partial charge is 0.494 e. The van der Waals surface area contributed by atoms with Crippen LogP contribution in [-0.4, -0.2) is 39.6 Å². The fourth-order valence-electron chi connectivity index (χ4n) is 2.67. The standard InChI is InChI=1S/C20H21ClN4O2S/c1-4-27-17-10-8-16(9-11-17)25-18(14-6-5-7-15(21)12-14)23-24-20(25)28-13(2)19(26)22-3/h5-13H,4H2,1-3H3,(H,22,26). The summed E-state index contributed by atoms with van der Waals surface area (Å²) in [5, 5.41) is 12.3. The van der Waals surface area contributed by atoms with Crippen molar-refractivity contribution in [3.8, 4) is 22.8 Å². The van der Waals surface area contributed by atoms with Gasteiger partial charge in [0.25, 0.3) is 0 Å². The van der Waals surface area contributed by atoms with Crippen molar-refractivity contribution in [1.29, 1.82) is 0 Å². The Labute approximate surface area is 173 Å². The van der Waals surface area contributed by atoms with Crippen LogP contribution < -0.4 is 10.1 Å². The summed E-state index contributed by atoms with van der Waals surface area (Å²) < 4.78 is 7.46. The molecule has 6 nitrogen and oxygen atoms in total. The molecule has 1 unspecified atom stereocenters. The van der Waals surface area contributed by atoms with Crippen LogP contribution in [0.5, 0.6) is 5.75 Å². The third kappa shape index (κ3) is 4.48. The van der Waals surface area contributed by atoms with Crippen LogP contribution in [0.25, 0.3) is 17.1 Å². The number of carbonyl (C=O) groups excluding carboxylic acids is 1. The number of nitrogens with zero attached hydrogens (tertiary/aromatic N) is 3. The summed E-state index contributed by atoms with van der Waals surface area (Å²) in [6.45, 7) is 4.38. The zero-order valence-corrected chi connectivity index (χ0v) is 17.4. The molecule has 1 aromatic heterocycles. The van der Waals surface area contributed by atoms with Gasteiger partial charge in [0.2, 0.25) is 5.91 Å². The van der Waals surface area contributed by atoms with Crippen LogP contribution in [0.4, 0.5) is 0 Å². The molecule has 0 aliphatic carbocycles. The smallest absolute Gasteiger partial charge is 0.233 e. The first kappa shape index (κ1) is 20.2. The van der Waals surface area contributed by atoms with E-state index in [4.69, 9.17) is 16.3 Å². The van der Waals surface area contributed by atoms with Crippen LogP contribution in [0.15, 0.2) is 53.7 Å². The Kier molecular flexibility index (Phi) is 6.59. The highest BCUT2D eigenvalue weighted by Gasteiger charge is 2.21. The summed E-state index contributed by atoms with van der Waals surface area (Å²) in [7, 11) is 1.62. The van der Waals surface area contributed by atoms with Crippen LogP contribution in [-0.2, 0) is 4.79 Å². The van der Waals surface area contributed by atoms with E-state index in [1.54, 1.807) is 7.05 Å². The molecule has 0 aliphatic heterocycles. The summed E-state index contributed by atoms with van der Waals surface area (Å²) in [6.07, 6.45) is 0. The molecule has 146 valence electrons. The number of nitrogens with one attached hydrogen (secondary N) is 1. The van der Waals surface area contributed by atoms with E-state index in [0.29, 0.717) is 22.6 Å². The van der Waals surface area contributed by atoms with Crippen molar-refractivity contribution in [3.63, 3.8) is 0 Å². The van der Waals surface area contributed by atoms with Gasteiger partial charge in [-0.05, 0) is 50.2 Å². The van der Waals surface area contributed by atoms with Crippen molar-refractivity contribution < 1.29 is 9.53 Å². The first-order valence-electron chi connectivity index (χ1n) is 8.86. The number of benzene rings is 2. The summed E-state index contributed by atoms with van der Waals surface area (Å²) in [5.74, 6) is 1.37. The molecule has 0 saturated carbocycles. The molecule has 8 heteroatoms. The molecule has 2 aromatic carbocycles. The van der Waals surface area contributed by atoms with Crippen molar-refractivity contribution in [2.45, 2.75) is 24.3 Å². The SMILES string of the molecule is CCOc1ccc(-n2c(SC(C)C(=O)NC)nnc2-c2cccc(Cl)c2)cc1. The van der Waals surface area contributed by atoms with Gasteiger partial charge in [-0.25, -0.2) is 0 Å². The molecule has 3 aromatic rings. The first-order chi connectivity index (χ1) is 13.5. The lowest BCUT2D eigenvalue weighted by molar-refractivity contribution is -0.119. The summed E-state index contributed by atoms with van der Waals surface area (Å²) >= 11 is 7.51. The zero-order chi connectivity index (χ0) is 20.1. The van der Waals surface area contributed by atoms with Gasteiger partial charge >= 0.3 is 0 Å². The third-order valence-electron chi connectivity index (χ3n) is 4.02. The van der Waals surface area contributed by atoms with Crippen LogP contribution in [0.3, 0.4) is 0 Å². The van der Waals surface area contributed by atoms with Gasteiger partial charge in [-0.3, -0.25) is 9.36 Å². The first-order valence-corrected chi connectivity index (χ1v) is 10.1. The zero-order valence-electron chi connectivity index (χ0n) is 15.8. The number of halogens is 1. The predicted molar refractivity (Wildman–Crippen MR) is 112 cm³/mol. The van der Waals surface area contributed by atoms with E-state index >= 15 is 0 Å². The lowest BCUT2D eigenvalue weighted by atomic mass is 10.2. The van der Waals surface area contributed by atoms with Gasteiger partial charge in [0, 0.05) is 23.3 Å². The number of carbonyl (C=O) groups is 1. The molecule has 1 N–H and O–H groups in total. The van der Waals surface area contributed by atoms with Crippen molar-refractivity contribution >= 4 is 29.3 Å². The molecular formula is C20H21ClN4O2S. The van der Waals surface area contributed by atoms with E-state index in [0.717, 1.165) is 17.0 Å². The van der Waals surface area contributed by atoms with E-state index in [-0.39, 0.29) is 11.2 Å². The van der Waals surface area contributed by atoms with Gasteiger partial charge in [-0.1, -0.05) is 35.5 Å². The minimum absolute atomic E-state index is 0.0736. The number of hydrogen-bond acceptors (Lipinski definition) is 5. The maximum atomic E-state index is 12.0. The molecule has 28 heavy (non-hydrogen) atoms. The predicted octanol–water partition coefficient (Wildman–Crippen LogP) is 4.21. The van der Waals surface area contributed by atoms with Gasteiger partial charge < -0.3 is 10.1 Å². The maximum absolute atomic E-state index is 12.0. The second kappa shape index (κ2) is 9.12. The number of ether oxygens (including phenoxy) is 1. The lowest BCUT2D eigenvalue weighted by Crippen LogP contribution is -2.27. The molecule has 1 atom stereocenters. The fraction of sp³-hybridized carbons (Fsp3) is 0.250. The summed E-state index contributed by atoms with van der Waals surface area (Å²) in [6, 6.07) is 15.1. The Morgan fingerprint density at radius 2 is 2.00 bits per heavy atom. The van der Waals surface area contributed by atoms with E-state index in [1.807, 2.05) is 66.9 Å². The molecule has 0 spiro atoms. The van der Waals surface area contributed by atoms with Crippen LogP contribution in [0, 0.1) is 0 Å². The van der Waals surface area contributed by atoms with E-state index < -0.39 is 0 Å². The summed E-state index contributed by atoms with van der Waals surface area (Å²) in [5.41, 5.74) is 1.71. The fourth-order valence-corrected chi connectivity index (χ4v) is 3.78. The Morgan fingerprint density at radius 3 is 2.64 bits per heavy atom. The number of hydrogen-bond donors (Lipinski definition) is 1. The average molecular weight is 417 g/mol. The van der Waals surface area contributed by atoms with Crippen molar-refractivity contribution in [1.82, 2.24) is 20.1 Å². The number of rotatable bonds is 7. The molecule has 1 amide bonds. The Balaban J connectivity index is 2.07. The van der Waals surface area contributed by atoms with Crippen LogP contribution in [0.2, 0.25) is 5.02 Å². The monoisotopic (exact) mass is 416 g/mol. The second-order valence-electron chi connectivity index (χ2n) is 5.95. The minimum Gasteiger partial charge on any atom is -0.494 e. The lowest BCUT2D eigenvalue weighted by Gasteiger charge is -2.13. The van der Waals surface area contributed by atoms with Gasteiger partial charge in [0.05, 0.1) is 11.9 Å².